The van der Waals surface area contributed by atoms with Crippen molar-refractivity contribution in [1.82, 2.24) is 20.2 Å². The van der Waals surface area contributed by atoms with Crippen LogP contribution in [0.2, 0.25) is 0 Å². The van der Waals surface area contributed by atoms with Crippen LogP contribution in [0.15, 0.2) is 22.7 Å². The van der Waals surface area contributed by atoms with Gasteiger partial charge in [0.1, 0.15) is 5.75 Å². The summed E-state index contributed by atoms with van der Waals surface area (Å²) in [6, 6.07) is 5.67. The maximum Gasteiger partial charge on any atom is 0.153 e. The minimum absolute atomic E-state index is 0.732. The molecule has 5 nitrogen and oxygen atoms in total. The molecule has 0 saturated heterocycles. The fourth-order valence-corrected chi connectivity index (χ4v) is 1.72. The van der Waals surface area contributed by atoms with Gasteiger partial charge in [-0.25, -0.2) is 0 Å². The Morgan fingerprint density at radius 2 is 2.13 bits per heavy atom. The fourth-order valence-electron chi connectivity index (χ4n) is 1.26. The molecule has 0 fully saturated rings. The Balaban J connectivity index is 2.53. The third kappa shape index (κ3) is 1.99. The maximum atomic E-state index is 5.16. The number of hydrogen-bond donors (Lipinski definition) is 0. The SMILES string of the molecule is COc1cc(Br)cc(-n2nnnc2C)c1. The minimum atomic E-state index is 0.732. The fraction of sp³-hybridized carbons (Fsp3) is 0.222. The summed E-state index contributed by atoms with van der Waals surface area (Å²) in [4.78, 5) is 0. The van der Waals surface area contributed by atoms with Crippen molar-refractivity contribution in [1.29, 1.82) is 0 Å². The van der Waals surface area contributed by atoms with Crippen molar-refractivity contribution in [2.45, 2.75) is 6.92 Å². The average molecular weight is 269 g/mol. The number of ether oxygens (including phenoxy) is 1. The van der Waals surface area contributed by atoms with Gasteiger partial charge in [0.15, 0.2) is 5.82 Å². The molecule has 0 unspecified atom stereocenters. The van der Waals surface area contributed by atoms with Crippen molar-refractivity contribution < 1.29 is 4.74 Å². The molecule has 0 N–H and O–H groups in total. The van der Waals surface area contributed by atoms with Crippen molar-refractivity contribution in [2.24, 2.45) is 0 Å². The lowest BCUT2D eigenvalue weighted by Gasteiger charge is -2.05. The molecule has 0 radical (unpaired) electrons. The molecule has 15 heavy (non-hydrogen) atoms. The van der Waals surface area contributed by atoms with Crippen molar-refractivity contribution >= 4 is 15.9 Å². The van der Waals surface area contributed by atoms with Gasteiger partial charge >= 0.3 is 0 Å². The zero-order valence-corrected chi connectivity index (χ0v) is 9.89. The van der Waals surface area contributed by atoms with Crippen LogP contribution in [-0.4, -0.2) is 27.3 Å². The molecule has 78 valence electrons. The summed E-state index contributed by atoms with van der Waals surface area (Å²) in [6.07, 6.45) is 0. The predicted octanol–water partition coefficient (Wildman–Crippen LogP) is 1.74. The van der Waals surface area contributed by atoms with E-state index >= 15 is 0 Å². The molecule has 0 aliphatic rings. The summed E-state index contributed by atoms with van der Waals surface area (Å²) in [5, 5.41) is 11.3. The van der Waals surface area contributed by atoms with Gasteiger partial charge in [-0.05, 0) is 29.5 Å². The van der Waals surface area contributed by atoms with E-state index in [2.05, 4.69) is 31.5 Å². The van der Waals surface area contributed by atoms with E-state index in [-0.39, 0.29) is 0 Å². The van der Waals surface area contributed by atoms with Gasteiger partial charge < -0.3 is 4.74 Å². The molecule has 0 saturated carbocycles. The average Bonchev–Trinajstić information content (AvgIpc) is 2.63. The minimum Gasteiger partial charge on any atom is -0.497 e. The summed E-state index contributed by atoms with van der Waals surface area (Å²) in [6.45, 7) is 1.84. The second-order valence-corrected chi connectivity index (χ2v) is 3.90. The molecule has 2 rings (SSSR count). The van der Waals surface area contributed by atoms with Crippen molar-refractivity contribution in [3.63, 3.8) is 0 Å². The van der Waals surface area contributed by atoms with Crippen molar-refractivity contribution in [2.75, 3.05) is 7.11 Å². The topological polar surface area (TPSA) is 52.8 Å². The Kier molecular flexibility index (Phi) is 2.68. The van der Waals surface area contributed by atoms with Gasteiger partial charge in [-0.1, -0.05) is 15.9 Å². The predicted molar refractivity (Wildman–Crippen MR) is 58.1 cm³/mol. The van der Waals surface area contributed by atoms with E-state index in [9.17, 15) is 0 Å². The Bertz CT molecular complexity index is 483. The monoisotopic (exact) mass is 268 g/mol. The van der Waals surface area contributed by atoms with Gasteiger partial charge in [0.2, 0.25) is 0 Å². The summed E-state index contributed by atoms with van der Waals surface area (Å²) in [5.41, 5.74) is 0.865. The van der Waals surface area contributed by atoms with E-state index in [1.807, 2.05) is 25.1 Å². The zero-order chi connectivity index (χ0) is 10.8. The Morgan fingerprint density at radius 3 is 2.73 bits per heavy atom. The molecule has 0 atom stereocenters. The summed E-state index contributed by atoms with van der Waals surface area (Å²) >= 11 is 3.40. The maximum absolute atomic E-state index is 5.16. The molecule has 0 amide bonds. The first-order chi connectivity index (χ1) is 7.20. The van der Waals surface area contributed by atoms with E-state index in [1.54, 1.807) is 11.8 Å². The number of halogens is 1. The second kappa shape index (κ2) is 3.98. The van der Waals surface area contributed by atoms with Crippen LogP contribution < -0.4 is 4.74 Å². The molecular formula is C9H9BrN4O. The van der Waals surface area contributed by atoms with Gasteiger partial charge in [-0.3, -0.25) is 0 Å². The smallest absolute Gasteiger partial charge is 0.153 e. The molecule has 6 heteroatoms. The Labute approximate surface area is 95.2 Å². The second-order valence-electron chi connectivity index (χ2n) is 2.99. The Morgan fingerprint density at radius 1 is 1.33 bits per heavy atom. The molecule has 1 heterocycles. The molecular weight excluding hydrogens is 260 g/mol. The standard InChI is InChI=1S/C9H9BrN4O/c1-6-11-12-13-14(6)8-3-7(10)4-9(5-8)15-2/h3-5H,1-2H3. The van der Waals surface area contributed by atoms with Crippen LogP contribution in [-0.2, 0) is 0 Å². The first-order valence-corrected chi connectivity index (χ1v) is 5.10. The molecule has 2 aromatic rings. The van der Waals surface area contributed by atoms with Gasteiger partial charge in [0.25, 0.3) is 0 Å². The Hall–Kier alpha value is -1.43. The third-order valence-electron chi connectivity index (χ3n) is 1.96. The highest BCUT2D eigenvalue weighted by Crippen LogP contribution is 2.23. The largest absolute Gasteiger partial charge is 0.497 e. The lowest BCUT2D eigenvalue weighted by Crippen LogP contribution is -2.00. The summed E-state index contributed by atoms with van der Waals surface area (Å²) in [5.74, 6) is 1.49. The van der Waals surface area contributed by atoms with Crippen LogP contribution >= 0.6 is 15.9 Å². The highest BCUT2D eigenvalue weighted by molar-refractivity contribution is 9.10. The molecule has 1 aromatic carbocycles. The first-order valence-electron chi connectivity index (χ1n) is 4.30. The number of aryl methyl sites for hydroxylation is 1. The number of aromatic nitrogens is 4. The lowest BCUT2D eigenvalue weighted by atomic mass is 10.3. The third-order valence-corrected chi connectivity index (χ3v) is 2.42. The van der Waals surface area contributed by atoms with Crippen LogP contribution in [0.25, 0.3) is 5.69 Å². The van der Waals surface area contributed by atoms with Gasteiger partial charge in [0, 0.05) is 10.5 Å². The van der Waals surface area contributed by atoms with E-state index in [0.29, 0.717) is 0 Å². The van der Waals surface area contributed by atoms with E-state index < -0.39 is 0 Å². The number of tetrazole rings is 1. The number of rotatable bonds is 2. The number of hydrogen-bond acceptors (Lipinski definition) is 4. The first kappa shape index (κ1) is 10.1. The molecule has 1 aromatic heterocycles. The van der Waals surface area contributed by atoms with Crippen LogP contribution in [0.5, 0.6) is 5.75 Å². The lowest BCUT2D eigenvalue weighted by molar-refractivity contribution is 0.414. The summed E-state index contributed by atoms with van der Waals surface area (Å²) < 4.78 is 7.73. The normalized spacial score (nSPS) is 10.3. The highest BCUT2D eigenvalue weighted by Gasteiger charge is 2.06. The van der Waals surface area contributed by atoms with E-state index in [4.69, 9.17) is 4.74 Å². The van der Waals surface area contributed by atoms with Gasteiger partial charge in [-0.15, -0.1) is 5.10 Å². The molecule has 0 aliphatic carbocycles. The van der Waals surface area contributed by atoms with Crippen LogP contribution in [0.3, 0.4) is 0 Å². The van der Waals surface area contributed by atoms with Gasteiger partial charge in [0.05, 0.1) is 12.8 Å². The zero-order valence-electron chi connectivity index (χ0n) is 8.31. The van der Waals surface area contributed by atoms with Crippen molar-refractivity contribution in [3.8, 4) is 11.4 Å². The molecule has 0 aliphatic heterocycles. The number of benzene rings is 1. The number of nitrogens with zero attached hydrogens (tertiary/aromatic N) is 4. The molecule has 0 spiro atoms. The van der Waals surface area contributed by atoms with Crippen LogP contribution in [0.1, 0.15) is 5.82 Å². The van der Waals surface area contributed by atoms with E-state index in [1.165, 1.54) is 0 Å². The van der Waals surface area contributed by atoms with E-state index in [0.717, 1.165) is 21.7 Å². The molecule has 0 bridgehead atoms. The number of methoxy groups -OCH3 is 1. The van der Waals surface area contributed by atoms with Gasteiger partial charge in [-0.2, -0.15) is 4.68 Å². The van der Waals surface area contributed by atoms with Crippen LogP contribution in [0, 0.1) is 6.92 Å². The summed E-state index contributed by atoms with van der Waals surface area (Å²) in [7, 11) is 1.62. The highest BCUT2D eigenvalue weighted by atomic mass is 79.9. The van der Waals surface area contributed by atoms with Crippen molar-refractivity contribution in [3.05, 3.63) is 28.5 Å². The van der Waals surface area contributed by atoms with Crippen LogP contribution in [0.4, 0.5) is 0 Å². The quantitative estimate of drug-likeness (QED) is 0.833.